The van der Waals surface area contributed by atoms with Crippen molar-refractivity contribution in [1.29, 1.82) is 0 Å². The zero-order chi connectivity index (χ0) is 21.2. The Morgan fingerprint density at radius 1 is 1.29 bits per heavy atom. The summed E-state index contributed by atoms with van der Waals surface area (Å²) in [5.41, 5.74) is 5.75. The minimum atomic E-state index is -3.21. The molecule has 0 unspecified atom stereocenters. The Kier molecular flexibility index (Phi) is 9.46. The van der Waals surface area contributed by atoms with Crippen molar-refractivity contribution in [3.05, 3.63) is 29.8 Å². The quantitative estimate of drug-likeness (QED) is 0.376. The van der Waals surface area contributed by atoms with Gasteiger partial charge < -0.3 is 20.5 Å². The van der Waals surface area contributed by atoms with E-state index >= 15 is 0 Å². The monoisotopic (exact) mass is 413 g/mol. The number of nitrogens with one attached hydrogen (secondary N) is 1. The predicted octanol–water partition coefficient (Wildman–Crippen LogP) is 0.360. The maximum atomic E-state index is 11.9. The lowest BCUT2D eigenvalue weighted by Gasteiger charge is -2.15. The van der Waals surface area contributed by atoms with Gasteiger partial charge >= 0.3 is 0 Å². The third-order valence-corrected chi connectivity index (χ3v) is 5.64. The second-order valence-electron chi connectivity index (χ2n) is 5.87. The molecule has 1 aromatic rings. The average molecular weight is 413 g/mol. The lowest BCUT2D eigenvalue weighted by Crippen LogP contribution is -2.32. The number of primary amides is 1. The Bertz CT molecular complexity index is 808. The maximum absolute atomic E-state index is 11.9. The fraction of sp³-hybridized carbons (Fsp3) is 0.444. The summed E-state index contributed by atoms with van der Waals surface area (Å²) in [6.45, 7) is 2.02. The van der Waals surface area contributed by atoms with E-state index in [1.807, 2.05) is 0 Å². The molecule has 10 heteroatoms. The minimum absolute atomic E-state index is 0.0500. The maximum Gasteiger partial charge on any atom is 0.255 e. The Labute approximate surface area is 165 Å². The van der Waals surface area contributed by atoms with Crippen molar-refractivity contribution in [3.8, 4) is 11.5 Å². The van der Waals surface area contributed by atoms with Gasteiger partial charge in [-0.2, -0.15) is 0 Å². The van der Waals surface area contributed by atoms with Crippen molar-refractivity contribution < 1.29 is 27.5 Å². The molecule has 0 saturated carbocycles. The van der Waals surface area contributed by atoms with Gasteiger partial charge in [-0.3, -0.25) is 9.59 Å². The van der Waals surface area contributed by atoms with Crippen LogP contribution in [-0.2, 0) is 19.6 Å². The van der Waals surface area contributed by atoms with Gasteiger partial charge in [-0.15, -0.1) is 0 Å². The van der Waals surface area contributed by atoms with Crippen LogP contribution in [0.3, 0.4) is 0 Å². The van der Waals surface area contributed by atoms with E-state index in [0.29, 0.717) is 36.6 Å². The first-order chi connectivity index (χ1) is 13.2. The van der Waals surface area contributed by atoms with E-state index in [2.05, 4.69) is 5.32 Å². The zero-order valence-electron chi connectivity index (χ0n) is 16.3. The number of hydrogen-bond donors (Lipinski definition) is 2. The molecule has 0 bridgehead atoms. The molecule has 0 spiro atoms. The van der Waals surface area contributed by atoms with Crippen LogP contribution in [0.4, 0.5) is 0 Å². The van der Waals surface area contributed by atoms with Crippen LogP contribution in [0.2, 0.25) is 0 Å². The van der Waals surface area contributed by atoms with E-state index in [1.165, 1.54) is 24.5 Å². The number of nitrogens with two attached hydrogens (primary N) is 1. The highest BCUT2D eigenvalue weighted by molar-refractivity contribution is 7.89. The molecule has 2 amide bonds. The number of hydrogen-bond acceptors (Lipinski definition) is 6. The SMILES string of the molecule is CCS(=O)(=O)N(C)CCCNC(=O)C=Cc1ccc(OCC(N)=O)c(OC)c1. The first-order valence-electron chi connectivity index (χ1n) is 8.68. The lowest BCUT2D eigenvalue weighted by molar-refractivity contribution is -0.120. The standard InChI is InChI=1S/C18H27N3O6S/c1-4-28(24,25)21(2)11-5-10-20-18(23)9-7-14-6-8-15(16(12-14)26-3)27-13-17(19)22/h6-9,12H,4-5,10-11,13H2,1-3H3,(H2,19,22)(H,20,23). The summed E-state index contributed by atoms with van der Waals surface area (Å²) in [6, 6.07) is 4.97. The Morgan fingerprint density at radius 3 is 2.61 bits per heavy atom. The molecule has 28 heavy (non-hydrogen) atoms. The molecule has 0 heterocycles. The third-order valence-electron chi connectivity index (χ3n) is 3.77. The number of amides is 2. The van der Waals surface area contributed by atoms with E-state index in [1.54, 1.807) is 31.2 Å². The van der Waals surface area contributed by atoms with Crippen molar-refractivity contribution >= 4 is 27.9 Å². The molecule has 3 N–H and O–H groups in total. The first kappa shape index (κ1) is 23.4. The molecule has 0 aliphatic carbocycles. The van der Waals surface area contributed by atoms with E-state index in [0.717, 1.165) is 0 Å². The Morgan fingerprint density at radius 2 is 2.00 bits per heavy atom. The van der Waals surface area contributed by atoms with Gasteiger partial charge in [0, 0.05) is 26.2 Å². The highest BCUT2D eigenvalue weighted by atomic mass is 32.2. The summed E-state index contributed by atoms with van der Waals surface area (Å²) in [6.07, 6.45) is 3.48. The Balaban J connectivity index is 2.52. The number of carbonyl (C=O) groups is 2. The molecule has 0 aliphatic rings. The molecule has 0 aromatic heterocycles. The molecule has 9 nitrogen and oxygen atoms in total. The summed E-state index contributed by atoms with van der Waals surface area (Å²) in [5.74, 6) is -0.0674. The summed E-state index contributed by atoms with van der Waals surface area (Å²) < 4.78 is 35.0. The number of rotatable bonds is 12. The van der Waals surface area contributed by atoms with Crippen LogP contribution in [0, 0.1) is 0 Å². The third kappa shape index (κ3) is 7.97. The van der Waals surface area contributed by atoms with Gasteiger partial charge in [0.2, 0.25) is 15.9 Å². The molecular weight excluding hydrogens is 386 g/mol. The molecule has 1 rings (SSSR count). The number of methoxy groups -OCH3 is 1. The van der Waals surface area contributed by atoms with E-state index in [-0.39, 0.29) is 18.3 Å². The van der Waals surface area contributed by atoms with Crippen molar-refractivity contribution in [1.82, 2.24) is 9.62 Å². The zero-order valence-corrected chi connectivity index (χ0v) is 17.1. The molecular formula is C18H27N3O6S. The van der Waals surface area contributed by atoms with E-state index in [4.69, 9.17) is 15.2 Å². The van der Waals surface area contributed by atoms with E-state index < -0.39 is 15.9 Å². The van der Waals surface area contributed by atoms with Crippen LogP contribution in [0.1, 0.15) is 18.9 Å². The van der Waals surface area contributed by atoms with E-state index in [9.17, 15) is 18.0 Å². The van der Waals surface area contributed by atoms with Crippen molar-refractivity contribution in [2.45, 2.75) is 13.3 Å². The molecule has 0 atom stereocenters. The molecule has 1 aromatic carbocycles. The van der Waals surface area contributed by atoms with Gasteiger partial charge in [-0.1, -0.05) is 6.07 Å². The largest absolute Gasteiger partial charge is 0.493 e. The molecule has 0 radical (unpaired) electrons. The van der Waals surface area contributed by atoms with Gasteiger partial charge in [0.25, 0.3) is 5.91 Å². The number of benzene rings is 1. The molecule has 0 fully saturated rings. The van der Waals surface area contributed by atoms with Gasteiger partial charge in [0.15, 0.2) is 18.1 Å². The fourth-order valence-corrected chi connectivity index (χ4v) is 3.01. The number of nitrogens with zero attached hydrogens (tertiary/aromatic N) is 1. The highest BCUT2D eigenvalue weighted by Crippen LogP contribution is 2.28. The first-order valence-corrected chi connectivity index (χ1v) is 10.3. The Hall–Kier alpha value is -2.59. The van der Waals surface area contributed by atoms with Crippen molar-refractivity contribution in [2.24, 2.45) is 5.73 Å². The summed E-state index contributed by atoms with van der Waals surface area (Å²) in [7, 11) is -0.226. The summed E-state index contributed by atoms with van der Waals surface area (Å²) in [4.78, 5) is 22.7. The summed E-state index contributed by atoms with van der Waals surface area (Å²) in [5, 5.41) is 2.70. The number of carbonyl (C=O) groups excluding carboxylic acids is 2. The van der Waals surface area contributed by atoms with Crippen molar-refractivity contribution in [3.63, 3.8) is 0 Å². The number of ether oxygens (including phenoxy) is 2. The highest BCUT2D eigenvalue weighted by Gasteiger charge is 2.14. The normalized spacial score (nSPS) is 11.6. The van der Waals surface area contributed by atoms with Crippen LogP contribution in [0.15, 0.2) is 24.3 Å². The van der Waals surface area contributed by atoms with Crippen LogP contribution in [0.25, 0.3) is 6.08 Å². The topological polar surface area (TPSA) is 128 Å². The molecule has 156 valence electrons. The fourth-order valence-electron chi connectivity index (χ4n) is 2.16. The van der Waals surface area contributed by atoms with Gasteiger partial charge in [0.1, 0.15) is 0 Å². The van der Waals surface area contributed by atoms with Gasteiger partial charge in [-0.25, -0.2) is 12.7 Å². The van der Waals surface area contributed by atoms with Crippen LogP contribution >= 0.6 is 0 Å². The minimum Gasteiger partial charge on any atom is -0.493 e. The lowest BCUT2D eigenvalue weighted by atomic mass is 10.2. The second kappa shape index (κ2) is 11.3. The summed E-state index contributed by atoms with van der Waals surface area (Å²) >= 11 is 0. The average Bonchev–Trinajstić information content (AvgIpc) is 2.67. The van der Waals surface area contributed by atoms with Gasteiger partial charge in [-0.05, 0) is 37.1 Å². The second-order valence-corrected chi connectivity index (χ2v) is 8.23. The van der Waals surface area contributed by atoms with Crippen molar-refractivity contribution in [2.75, 3.05) is 39.6 Å². The van der Waals surface area contributed by atoms with Crippen LogP contribution < -0.4 is 20.5 Å². The number of sulfonamides is 1. The molecule has 0 saturated heterocycles. The van der Waals surface area contributed by atoms with Crippen LogP contribution in [-0.4, -0.2) is 64.1 Å². The smallest absolute Gasteiger partial charge is 0.255 e. The van der Waals surface area contributed by atoms with Crippen LogP contribution in [0.5, 0.6) is 11.5 Å². The molecule has 0 aliphatic heterocycles. The van der Waals surface area contributed by atoms with Gasteiger partial charge in [0.05, 0.1) is 12.9 Å². The predicted molar refractivity (Wildman–Crippen MR) is 106 cm³/mol.